The molecule has 2 aromatic rings. The molecular formula is C28H33ClN4O7S2. The van der Waals surface area contributed by atoms with E-state index in [-0.39, 0.29) is 47.9 Å². The minimum absolute atomic E-state index is 0.0120. The number of hydrogen-bond donors (Lipinski definition) is 1. The second-order valence-corrected chi connectivity index (χ2v) is 13.0. The summed E-state index contributed by atoms with van der Waals surface area (Å²) in [6.45, 7) is 4.63. The maximum absolute atomic E-state index is 13.3. The van der Waals surface area contributed by atoms with Gasteiger partial charge >= 0.3 is 6.09 Å². The van der Waals surface area contributed by atoms with Crippen LogP contribution in [0.25, 0.3) is 0 Å². The van der Waals surface area contributed by atoms with Crippen molar-refractivity contribution in [2.45, 2.75) is 38.8 Å². The van der Waals surface area contributed by atoms with Crippen molar-refractivity contribution in [3.63, 3.8) is 0 Å². The van der Waals surface area contributed by atoms with Crippen LogP contribution in [0.2, 0.25) is 4.34 Å². The fourth-order valence-electron chi connectivity index (χ4n) is 4.39. The number of thiophene rings is 1. The predicted octanol–water partition coefficient (Wildman–Crippen LogP) is 3.78. The minimum Gasteiger partial charge on any atom is -0.442 e. The molecule has 11 nitrogen and oxygen atoms in total. The Morgan fingerprint density at radius 1 is 1.12 bits per heavy atom. The van der Waals surface area contributed by atoms with E-state index in [1.54, 1.807) is 41.3 Å². The second kappa shape index (κ2) is 14.5. The van der Waals surface area contributed by atoms with Crippen molar-refractivity contribution in [1.29, 1.82) is 0 Å². The molecule has 14 heteroatoms. The molecule has 0 radical (unpaired) electrons. The number of morpholine rings is 1. The number of cyclic esters (lactones) is 1. The second-order valence-electron chi connectivity index (χ2n) is 10.2. The summed E-state index contributed by atoms with van der Waals surface area (Å²) in [4.78, 5) is 68.1. The summed E-state index contributed by atoms with van der Waals surface area (Å²) in [5, 5.41) is -0.138. The normalized spacial score (nSPS) is 17.9. The zero-order valence-electron chi connectivity index (χ0n) is 23.3. The van der Waals surface area contributed by atoms with Crippen molar-refractivity contribution in [2.75, 3.05) is 48.4 Å². The molecule has 1 aromatic carbocycles. The van der Waals surface area contributed by atoms with Crippen LogP contribution in [0.4, 0.5) is 16.2 Å². The Morgan fingerprint density at radius 2 is 1.81 bits per heavy atom. The molecule has 2 aliphatic heterocycles. The standard InChI is InChI=1S/C28H33ClN4O7S2/c1-17(2)25(30)27(37)41-13-3-4-23(34)33(26(36)21-9-10-22(29)42-21)15-20-14-32(28(38)40-20)19-7-5-18(6-8-19)31-11-12-39-16-24(31)35/h5-10,17,20,25H,3-4,11-16,30H2,1-2H3/t20?,25-/m0/s1. The van der Waals surface area contributed by atoms with Crippen molar-refractivity contribution >= 4 is 75.0 Å². The number of nitrogens with zero attached hydrogens (tertiary/aromatic N) is 3. The SMILES string of the molecule is CC(C)[C@H](N)C(=O)SCCCC(=O)N(CC1CN(c2ccc(N3CCOCC3=O)cc2)C(=O)O1)C(=O)c1ccc(Cl)s1. The first-order valence-corrected chi connectivity index (χ1v) is 15.7. The first kappa shape index (κ1) is 32.0. The summed E-state index contributed by atoms with van der Waals surface area (Å²) in [6, 6.07) is 9.47. The molecule has 2 atom stereocenters. The number of halogens is 1. The average Bonchev–Trinajstić information content (AvgIpc) is 3.58. The highest BCUT2D eigenvalue weighted by Gasteiger charge is 2.37. The number of thioether (sulfide) groups is 1. The van der Waals surface area contributed by atoms with Crippen LogP contribution in [0.1, 0.15) is 36.4 Å². The number of carbonyl (C=O) groups excluding carboxylic acids is 5. The van der Waals surface area contributed by atoms with Crippen molar-refractivity contribution in [2.24, 2.45) is 11.7 Å². The van der Waals surface area contributed by atoms with Gasteiger partial charge in [0.25, 0.3) is 11.8 Å². The van der Waals surface area contributed by atoms with E-state index in [2.05, 4.69) is 0 Å². The lowest BCUT2D eigenvalue weighted by Crippen LogP contribution is -2.43. The third kappa shape index (κ3) is 7.90. The van der Waals surface area contributed by atoms with Gasteiger partial charge in [0, 0.05) is 30.1 Å². The van der Waals surface area contributed by atoms with E-state index in [0.717, 1.165) is 28.0 Å². The van der Waals surface area contributed by atoms with E-state index in [1.807, 2.05) is 13.8 Å². The molecule has 4 rings (SSSR count). The van der Waals surface area contributed by atoms with Crippen molar-refractivity contribution in [1.82, 2.24) is 4.90 Å². The lowest BCUT2D eigenvalue weighted by molar-refractivity contribution is -0.129. The maximum Gasteiger partial charge on any atom is 0.414 e. The molecule has 226 valence electrons. The summed E-state index contributed by atoms with van der Waals surface area (Å²) >= 11 is 8.16. The van der Waals surface area contributed by atoms with Crippen LogP contribution in [0.5, 0.6) is 0 Å². The zero-order chi connectivity index (χ0) is 30.4. The van der Waals surface area contributed by atoms with Crippen molar-refractivity contribution < 1.29 is 33.4 Å². The summed E-state index contributed by atoms with van der Waals surface area (Å²) in [6.07, 6.45) is -0.982. The Balaban J connectivity index is 1.39. The van der Waals surface area contributed by atoms with Gasteiger partial charge in [-0.1, -0.05) is 37.2 Å². The highest BCUT2D eigenvalue weighted by molar-refractivity contribution is 8.13. The van der Waals surface area contributed by atoms with Gasteiger partial charge in [0.1, 0.15) is 12.7 Å². The highest BCUT2D eigenvalue weighted by Crippen LogP contribution is 2.28. The number of hydrogen-bond acceptors (Lipinski definition) is 10. The van der Waals surface area contributed by atoms with E-state index < -0.39 is 30.1 Å². The van der Waals surface area contributed by atoms with Gasteiger partial charge < -0.3 is 20.1 Å². The molecule has 0 spiro atoms. The molecule has 2 fully saturated rings. The average molecular weight is 637 g/mol. The zero-order valence-corrected chi connectivity index (χ0v) is 25.7. The molecule has 1 unspecified atom stereocenters. The quantitative estimate of drug-likeness (QED) is 0.365. The lowest BCUT2D eigenvalue weighted by Gasteiger charge is -2.27. The van der Waals surface area contributed by atoms with Gasteiger partial charge in [-0.3, -0.25) is 29.0 Å². The Hall–Kier alpha value is -2.97. The van der Waals surface area contributed by atoms with Crippen molar-refractivity contribution in [3.8, 4) is 0 Å². The van der Waals surface area contributed by atoms with E-state index in [4.69, 9.17) is 26.8 Å². The number of nitrogens with two attached hydrogens (primary N) is 1. The Labute approximate surface area is 257 Å². The summed E-state index contributed by atoms with van der Waals surface area (Å²) in [5.74, 6) is -0.717. The topological polar surface area (TPSA) is 140 Å². The molecule has 3 heterocycles. The summed E-state index contributed by atoms with van der Waals surface area (Å²) in [7, 11) is 0. The predicted molar refractivity (Wildman–Crippen MR) is 162 cm³/mol. The van der Waals surface area contributed by atoms with Crippen LogP contribution < -0.4 is 15.5 Å². The smallest absolute Gasteiger partial charge is 0.414 e. The fourth-order valence-corrected chi connectivity index (χ4v) is 6.34. The van der Waals surface area contributed by atoms with Gasteiger partial charge in [-0.25, -0.2) is 4.79 Å². The molecule has 42 heavy (non-hydrogen) atoms. The Morgan fingerprint density at radius 3 is 2.43 bits per heavy atom. The summed E-state index contributed by atoms with van der Waals surface area (Å²) in [5.41, 5.74) is 7.15. The molecule has 0 saturated carbocycles. The van der Waals surface area contributed by atoms with Crippen molar-refractivity contribution in [3.05, 3.63) is 45.6 Å². The Bertz CT molecular complexity index is 1320. The number of imide groups is 1. The van der Waals surface area contributed by atoms with Gasteiger partial charge in [0.15, 0.2) is 0 Å². The van der Waals surface area contributed by atoms with E-state index in [9.17, 15) is 24.0 Å². The minimum atomic E-state index is -0.763. The first-order valence-electron chi connectivity index (χ1n) is 13.5. The Kier molecular flexibility index (Phi) is 11.0. The largest absolute Gasteiger partial charge is 0.442 e. The van der Waals surface area contributed by atoms with Gasteiger partial charge in [-0.15, -0.1) is 11.3 Å². The molecule has 2 N–H and O–H groups in total. The van der Waals surface area contributed by atoms with E-state index in [0.29, 0.717) is 41.0 Å². The number of benzene rings is 1. The molecule has 4 amide bonds. The number of anilines is 2. The first-order chi connectivity index (χ1) is 20.0. The fraction of sp³-hybridized carbons (Fsp3) is 0.464. The van der Waals surface area contributed by atoms with Crippen LogP contribution >= 0.6 is 34.7 Å². The van der Waals surface area contributed by atoms with Gasteiger partial charge in [-0.05, 0) is 48.7 Å². The molecule has 0 bridgehead atoms. The van der Waals surface area contributed by atoms with Crippen LogP contribution in [0, 0.1) is 5.92 Å². The van der Waals surface area contributed by atoms with Crippen LogP contribution in [-0.4, -0.2) is 84.6 Å². The molecule has 0 aliphatic carbocycles. The van der Waals surface area contributed by atoms with Gasteiger partial charge in [-0.2, -0.15) is 0 Å². The lowest BCUT2D eigenvalue weighted by atomic mass is 10.1. The van der Waals surface area contributed by atoms with Crippen LogP contribution in [0.3, 0.4) is 0 Å². The summed E-state index contributed by atoms with van der Waals surface area (Å²) < 4.78 is 11.1. The van der Waals surface area contributed by atoms with Crippen LogP contribution in [0.15, 0.2) is 36.4 Å². The van der Waals surface area contributed by atoms with E-state index >= 15 is 0 Å². The number of rotatable bonds is 11. The number of carbonyl (C=O) groups is 5. The number of ether oxygens (including phenoxy) is 2. The third-order valence-corrected chi connectivity index (χ3v) is 9.09. The van der Waals surface area contributed by atoms with Gasteiger partial charge in [0.05, 0.1) is 35.0 Å². The van der Waals surface area contributed by atoms with Crippen LogP contribution in [-0.2, 0) is 23.9 Å². The molecule has 1 aromatic heterocycles. The molecular weight excluding hydrogens is 604 g/mol. The van der Waals surface area contributed by atoms with Gasteiger partial charge in [0.2, 0.25) is 11.0 Å². The highest BCUT2D eigenvalue weighted by atomic mass is 35.5. The monoisotopic (exact) mass is 636 g/mol. The third-order valence-electron chi connectivity index (χ3n) is 6.82. The molecule has 2 saturated heterocycles. The number of amides is 4. The van der Waals surface area contributed by atoms with E-state index in [1.165, 1.54) is 4.90 Å². The maximum atomic E-state index is 13.3. The molecule has 2 aliphatic rings.